The van der Waals surface area contributed by atoms with Crippen molar-refractivity contribution >= 4 is 11.8 Å². The van der Waals surface area contributed by atoms with Gasteiger partial charge < -0.3 is 0 Å². The van der Waals surface area contributed by atoms with Crippen LogP contribution < -0.4 is 0 Å². The fourth-order valence-corrected chi connectivity index (χ4v) is 1.87. The Labute approximate surface area is 81.8 Å². The van der Waals surface area contributed by atoms with Crippen LogP contribution in [0.5, 0.6) is 0 Å². The quantitative estimate of drug-likeness (QED) is 0.385. The fraction of sp³-hybridized carbons (Fsp3) is 0.727. The summed E-state index contributed by atoms with van der Waals surface area (Å²) in [6, 6.07) is 0. The van der Waals surface area contributed by atoms with E-state index in [-0.39, 0.29) is 0 Å². The number of allylic oxidation sites excluding steroid dienone is 1. The van der Waals surface area contributed by atoms with Gasteiger partial charge in [-0.05, 0) is 37.2 Å². The molecule has 0 heterocycles. The zero-order chi connectivity index (χ0) is 9.07. The molecule has 1 heteroatoms. The first-order valence-corrected chi connectivity index (χ1v) is 6.05. The molecular formula is C11H21S. The van der Waals surface area contributed by atoms with Gasteiger partial charge in [0.1, 0.15) is 0 Å². The summed E-state index contributed by atoms with van der Waals surface area (Å²) in [5, 5.41) is 0. The van der Waals surface area contributed by atoms with Crippen molar-refractivity contribution in [1.29, 1.82) is 0 Å². The molecule has 0 aliphatic rings. The molecule has 0 bridgehead atoms. The maximum Gasteiger partial charge on any atom is -0.00675 e. The molecular weight excluding hydrogens is 164 g/mol. The molecule has 0 saturated heterocycles. The molecule has 0 nitrogen and oxygen atoms in total. The summed E-state index contributed by atoms with van der Waals surface area (Å²) in [5.41, 5.74) is 0. The van der Waals surface area contributed by atoms with Crippen molar-refractivity contribution < 1.29 is 0 Å². The third-order valence-corrected chi connectivity index (χ3v) is 2.89. The van der Waals surface area contributed by atoms with Crippen LogP contribution in [0, 0.1) is 6.92 Å². The fourth-order valence-electron chi connectivity index (χ4n) is 1.05. The summed E-state index contributed by atoms with van der Waals surface area (Å²) in [6.07, 6.45) is 9.73. The van der Waals surface area contributed by atoms with Gasteiger partial charge in [0.25, 0.3) is 0 Å². The highest BCUT2D eigenvalue weighted by Crippen LogP contribution is 2.09. The third kappa shape index (κ3) is 10.1. The molecule has 0 saturated carbocycles. The van der Waals surface area contributed by atoms with Crippen LogP contribution in [0.3, 0.4) is 0 Å². The molecule has 0 unspecified atom stereocenters. The number of hydrogen-bond donors (Lipinski definition) is 0. The van der Waals surface area contributed by atoms with Gasteiger partial charge in [-0.1, -0.05) is 25.8 Å². The van der Waals surface area contributed by atoms with Gasteiger partial charge in [-0.2, -0.15) is 11.8 Å². The predicted octanol–water partition coefficient (Wildman–Crippen LogP) is 4.08. The van der Waals surface area contributed by atoms with Gasteiger partial charge in [0.2, 0.25) is 0 Å². The van der Waals surface area contributed by atoms with Gasteiger partial charge in [0.05, 0.1) is 0 Å². The lowest BCUT2D eigenvalue weighted by atomic mass is 10.2. The molecule has 12 heavy (non-hydrogen) atoms. The molecule has 0 aliphatic heterocycles. The van der Waals surface area contributed by atoms with E-state index in [0.29, 0.717) is 0 Å². The van der Waals surface area contributed by atoms with E-state index in [4.69, 9.17) is 0 Å². The highest BCUT2D eigenvalue weighted by molar-refractivity contribution is 7.99. The maximum absolute atomic E-state index is 3.81. The first-order valence-electron chi connectivity index (χ1n) is 4.89. The number of rotatable bonds is 9. The van der Waals surface area contributed by atoms with Crippen LogP contribution in [0.15, 0.2) is 12.7 Å². The lowest BCUT2D eigenvalue weighted by Crippen LogP contribution is -1.83. The van der Waals surface area contributed by atoms with Gasteiger partial charge >= 0.3 is 0 Å². The first-order chi connectivity index (χ1) is 5.91. The van der Waals surface area contributed by atoms with E-state index in [0.717, 1.165) is 6.42 Å². The van der Waals surface area contributed by atoms with Crippen molar-refractivity contribution in [2.75, 3.05) is 11.5 Å². The number of unbranched alkanes of at least 4 members (excludes halogenated alkanes) is 4. The van der Waals surface area contributed by atoms with Crippen molar-refractivity contribution in [3.05, 3.63) is 19.6 Å². The summed E-state index contributed by atoms with van der Waals surface area (Å²) in [7, 11) is 0. The Morgan fingerprint density at radius 2 is 1.75 bits per heavy atom. The van der Waals surface area contributed by atoms with Gasteiger partial charge in [-0.25, -0.2) is 0 Å². The summed E-state index contributed by atoms with van der Waals surface area (Å²) in [6.45, 7) is 7.52. The van der Waals surface area contributed by atoms with Crippen LogP contribution in [-0.4, -0.2) is 11.5 Å². The highest BCUT2D eigenvalue weighted by atomic mass is 32.2. The van der Waals surface area contributed by atoms with Crippen LogP contribution in [0.25, 0.3) is 0 Å². The van der Waals surface area contributed by atoms with Crippen molar-refractivity contribution in [2.45, 2.75) is 38.5 Å². The second-order valence-electron chi connectivity index (χ2n) is 2.96. The van der Waals surface area contributed by atoms with Crippen molar-refractivity contribution in [3.8, 4) is 0 Å². The molecule has 1 radical (unpaired) electrons. The van der Waals surface area contributed by atoms with E-state index in [9.17, 15) is 0 Å². The Balaban J connectivity index is 2.77. The van der Waals surface area contributed by atoms with E-state index < -0.39 is 0 Å². The molecule has 0 N–H and O–H groups in total. The summed E-state index contributed by atoms with van der Waals surface area (Å²) in [4.78, 5) is 0. The number of hydrogen-bond acceptors (Lipinski definition) is 1. The van der Waals surface area contributed by atoms with E-state index in [1.807, 2.05) is 17.8 Å². The molecule has 71 valence electrons. The van der Waals surface area contributed by atoms with Gasteiger partial charge in [-0.3, -0.25) is 0 Å². The Hall–Kier alpha value is 0.0900. The van der Waals surface area contributed by atoms with Gasteiger partial charge in [-0.15, -0.1) is 6.58 Å². The molecule has 0 spiro atoms. The minimum absolute atomic E-state index is 1.07. The van der Waals surface area contributed by atoms with Crippen LogP contribution >= 0.6 is 11.8 Å². The Kier molecular flexibility index (Phi) is 11.2. The molecule has 0 fully saturated rings. The number of thioether (sulfide) groups is 1. The highest BCUT2D eigenvalue weighted by Gasteiger charge is 1.89. The molecule has 0 amide bonds. The third-order valence-electron chi connectivity index (χ3n) is 1.74. The normalized spacial score (nSPS) is 10.1. The minimum atomic E-state index is 1.07. The van der Waals surface area contributed by atoms with E-state index in [1.165, 1.54) is 43.6 Å². The van der Waals surface area contributed by atoms with Crippen molar-refractivity contribution in [2.24, 2.45) is 0 Å². The average molecular weight is 185 g/mol. The topological polar surface area (TPSA) is 0 Å². The Bertz CT molecular complexity index is 89.0. The lowest BCUT2D eigenvalue weighted by molar-refractivity contribution is 0.678. The van der Waals surface area contributed by atoms with Gasteiger partial charge in [0.15, 0.2) is 0 Å². The molecule has 0 aliphatic carbocycles. The van der Waals surface area contributed by atoms with E-state index in [1.54, 1.807) is 0 Å². The van der Waals surface area contributed by atoms with Crippen LogP contribution in [0.4, 0.5) is 0 Å². The zero-order valence-corrected chi connectivity index (χ0v) is 8.87. The Morgan fingerprint density at radius 1 is 1.00 bits per heavy atom. The van der Waals surface area contributed by atoms with E-state index in [2.05, 4.69) is 13.5 Å². The van der Waals surface area contributed by atoms with Gasteiger partial charge in [0, 0.05) is 0 Å². The monoisotopic (exact) mass is 185 g/mol. The summed E-state index contributed by atoms with van der Waals surface area (Å²) >= 11 is 2.03. The molecule has 0 atom stereocenters. The smallest absolute Gasteiger partial charge is 0.00675 e. The summed E-state index contributed by atoms with van der Waals surface area (Å²) in [5.74, 6) is 2.55. The van der Waals surface area contributed by atoms with Crippen LogP contribution in [-0.2, 0) is 0 Å². The molecule has 0 rings (SSSR count). The minimum Gasteiger partial charge on any atom is -0.162 e. The Morgan fingerprint density at radius 3 is 2.42 bits per heavy atom. The largest absolute Gasteiger partial charge is 0.162 e. The van der Waals surface area contributed by atoms with E-state index >= 15 is 0 Å². The molecule has 0 aromatic carbocycles. The maximum atomic E-state index is 3.81. The second kappa shape index (κ2) is 11.1. The standard InChI is InChI=1S/C11H21S/c1-3-5-6-7-8-9-11-12-10-4-2/h3H,1-2,4-11H2. The second-order valence-corrected chi connectivity index (χ2v) is 4.18. The lowest BCUT2D eigenvalue weighted by Gasteiger charge is -1.99. The van der Waals surface area contributed by atoms with Crippen LogP contribution in [0.1, 0.15) is 38.5 Å². The first kappa shape index (κ1) is 12.1. The van der Waals surface area contributed by atoms with Crippen LogP contribution in [0.2, 0.25) is 0 Å². The predicted molar refractivity (Wildman–Crippen MR) is 60.6 cm³/mol. The SMILES string of the molecule is [CH2]CCSCCCCCCC=C. The molecule has 0 aromatic heterocycles. The van der Waals surface area contributed by atoms with Crippen molar-refractivity contribution in [1.82, 2.24) is 0 Å². The summed E-state index contributed by atoms with van der Waals surface area (Å²) < 4.78 is 0. The zero-order valence-electron chi connectivity index (χ0n) is 8.06. The van der Waals surface area contributed by atoms with Crippen molar-refractivity contribution in [3.63, 3.8) is 0 Å². The average Bonchev–Trinajstić information content (AvgIpc) is 2.10. The molecule has 0 aromatic rings.